The first kappa shape index (κ1) is 48.0. The molecular weight excluding hydrogens is 639 g/mol. The van der Waals surface area contributed by atoms with E-state index in [4.69, 9.17) is 19.3 Å². The van der Waals surface area contributed by atoms with E-state index in [9.17, 15) is 14.2 Å². The number of hydrogen-bond acceptors (Lipinski definition) is 6. The van der Waals surface area contributed by atoms with Gasteiger partial charge in [0.15, 0.2) is 6.10 Å². The van der Waals surface area contributed by atoms with E-state index >= 15 is 0 Å². The van der Waals surface area contributed by atoms with E-state index in [1.807, 2.05) is 0 Å². The number of ether oxygens (including phenoxy) is 2. The average Bonchev–Trinajstić information content (AvgIpc) is 3.03. The topological polar surface area (TPSA) is 119 Å². The van der Waals surface area contributed by atoms with Crippen molar-refractivity contribution in [1.29, 1.82) is 0 Å². The highest BCUT2D eigenvalue weighted by atomic mass is 31.2. The predicted molar refractivity (Wildman–Crippen MR) is 202 cm³/mol. The van der Waals surface area contributed by atoms with Gasteiger partial charge in [-0.2, -0.15) is 0 Å². The molecule has 0 aliphatic heterocycles. The SMILES string of the molecule is CC(C)CCCCCCCCCCCCCCCCCCC(=O)OC[C@H](COP(=O)(O)O)OC(=O)CCCCCCCCCCCC(C)C. The fourth-order valence-corrected chi connectivity index (χ4v) is 6.52. The summed E-state index contributed by atoms with van der Waals surface area (Å²) in [5.41, 5.74) is 0. The Hall–Kier alpha value is -0.950. The monoisotopic (exact) mass is 719 g/mol. The maximum Gasteiger partial charge on any atom is 0.469 e. The van der Waals surface area contributed by atoms with Crippen LogP contribution in [0.1, 0.15) is 214 Å². The first-order valence-electron chi connectivity index (χ1n) is 20.5. The molecule has 0 heterocycles. The van der Waals surface area contributed by atoms with Gasteiger partial charge in [-0.05, 0) is 24.7 Å². The van der Waals surface area contributed by atoms with Gasteiger partial charge in [0.25, 0.3) is 0 Å². The molecule has 0 saturated heterocycles. The van der Waals surface area contributed by atoms with Crippen LogP contribution in [-0.2, 0) is 28.2 Å². The molecule has 0 unspecified atom stereocenters. The molecule has 0 amide bonds. The Morgan fingerprint density at radius 3 is 1.10 bits per heavy atom. The molecule has 0 aromatic rings. The summed E-state index contributed by atoms with van der Waals surface area (Å²) in [7, 11) is -4.74. The molecule has 0 aliphatic rings. The highest BCUT2D eigenvalue weighted by molar-refractivity contribution is 7.46. The minimum atomic E-state index is -4.74. The minimum absolute atomic E-state index is 0.217. The first-order valence-corrected chi connectivity index (χ1v) is 22.1. The van der Waals surface area contributed by atoms with Gasteiger partial charge in [-0.1, -0.05) is 188 Å². The van der Waals surface area contributed by atoms with E-state index in [-0.39, 0.29) is 19.4 Å². The van der Waals surface area contributed by atoms with Crippen LogP contribution in [0.5, 0.6) is 0 Å². The molecular formula is C40H79O8P. The van der Waals surface area contributed by atoms with Crippen LogP contribution in [0.25, 0.3) is 0 Å². The molecule has 49 heavy (non-hydrogen) atoms. The summed E-state index contributed by atoms with van der Waals surface area (Å²) in [5, 5.41) is 0. The van der Waals surface area contributed by atoms with Gasteiger partial charge in [-0.3, -0.25) is 14.1 Å². The van der Waals surface area contributed by atoms with Crippen molar-refractivity contribution in [3.05, 3.63) is 0 Å². The average molecular weight is 719 g/mol. The zero-order valence-electron chi connectivity index (χ0n) is 32.4. The largest absolute Gasteiger partial charge is 0.469 e. The second kappa shape index (κ2) is 34.2. The van der Waals surface area contributed by atoms with Gasteiger partial charge >= 0.3 is 19.8 Å². The summed E-state index contributed by atoms with van der Waals surface area (Å²) in [6.07, 6.45) is 32.7. The van der Waals surface area contributed by atoms with Crippen LogP contribution in [0, 0.1) is 11.8 Å². The fraction of sp³-hybridized carbons (Fsp3) is 0.950. The van der Waals surface area contributed by atoms with Crippen molar-refractivity contribution in [2.75, 3.05) is 13.2 Å². The van der Waals surface area contributed by atoms with Crippen molar-refractivity contribution in [3.63, 3.8) is 0 Å². The summed E-state index contributed by atoms with van der Waals surface area (Å²) in [6.45, 7) is 8.35. The maximum atomic E-state index is 12.4. The highest BCUT2D eigenvalue weighted by Crippen LogP contribution is 2.36. The van der Waals surface area contributed by atoms with E-state index in [0.717, 1.165) is 50.4 Å². The van der Waals surface area contributed by atoms with Gasteiger partial charge in [-0.15, -0.1) is 0 Å². The van der Waals surface area contributed by atoms with Crippen molar-refractivity contribution in [1.82, 2.24) is 0 Å². The Morgan fingerprint density at radius 1 is 0.469 bits per heavy atom. The van der Waals surface area contributed by atoms with Crippen molar-refractivity contribution in [3.8, 4) is 0 Å². The summed E-state index contributed by atoms with van der Waals surface area (Å²) in [4.78, 5) is 42.8. The van der Waals surface area contributed by atoms with Crippen LogP contribution >= 0.6 is 7.82 Å². The maximum absolute atomic E-state index is 12.4. The van der Waals surface area contributed by atoms with E-state index in [2.05, 4.69) is 32.2 Å². The smallest absolute Gasteiger partial charge is 0.462 e. The van der Waals surface area contributed by atoms with E-state index in [1.165, 1.54) is 128 Å². The summed E-state index contributed by atoms with van der Waals surface area (Å²) < 4.78 is 26.4. The number of phosphoric acid groups is 1. The number of unbranched alkanes of at least 4 members (excludes halogenated alkanes) is 23. The molecule has 0 rings (SSSR count). The number of phosphoric ester groups is 1. The molecule has 0 bridgehead atoms. The second-order valence-corrected chi connectivity index (χ2v) is 16.5. The van der Waals surface area contributed by atoms with Crippen LogP contribution in [-0.4, -0.2) is 41.0 Å². The predicted octanol–water partition coefficient (Wildman–Crippen LogP) is 12.2. The number of esters is 2. The van der Waals surface area contributed by atoms with Crippen LogP contribution in [0.3, 0.4) is 0 Å². The molecule has 1 atom stereocenters. The lowest BCUT2D eigenvalue weighted by Crippen LogP contribution is -2.29. The number of carbonyl (C=O) groups excluding carboxylic acids is 2. The van der Waals surface area contributed by atoms with E-state index in [1.54, 1.807) is 0 Å². The highest BCUT2D eigenvalue weighted by Gasteiger charge is 2.23. The Bertz CT molecular complexity index is 797. The third kappa shape index (κ3) is 39.7. The van der Waals surface area contributed by atoms with Gasteiger partial charge in [0.2, 0.25) is 0 Å². The molecule has 0 radical (unpaired) electrons. The number of carbonyl (C=O) groups is 2. The normalized spacial score (nSPS) is 12.6. The van der Waals surface area contributed by atoms with E-state index in [0.29, 0.717) is 6.42 Å². The lowest BCUT2D eigenvalue weighted by Gasteiger charge is -2.18. The fourth-order valence-electron chi connectivity index (χ4n) is 6.16. The van der Waals surface area contributed by atoms with Gasteiger partial charge in [0.05, 0.1) is 6.61 Å². The molecule has 9 heteroatoms. The second-order valence-electron chi connectivity index (χ2n) is 15.3. The van der Waals surface area contributed by atoms with Crippen LogP contribution in [0.4, 0.5) is 0 Å². The molecule has 0 fully saturated rings. The standard InChI is InChI=1S/C40H79O8P/c1-36(2)30-26-22-18-14-11-9-7-5-6-8-10-12-16-20-24-28-32-39(41)46-34-38(35-47-49(43,44)45)48-40(42)33-29-25-21-17-13-15-19-23-27-31-37(3)4/h36-38H,5-35H2,1-4H3,(H2,43,44,45)/t38-/m1/s1. The third-order valence-electron chi connectivity index (χ3n) is 9.23. The molecule has 0 aromatic heterocycles. The van der Waals surface area contributed by atoms with Crippen LogP contribution < -0.4 is 0 Å². The first-order chi connectivity index (χ1) is 23.5. The summed E-state index contributed by atoms with van der Waals surface area (Å²) >= 11 is 0. The Morgan fingerprint density at radius 2 is 0.776 bits per heavy atom. The minimum Gasteiger partial charge on any atom is -0.462 e. The summed E-state index contributed by atoms with van der Waals surface area (Å²) in [6, 6.07) is 0. The van der Waals surface area contributed by atoms with Gasteiger partial charge in [-0.25, -0.2) is 4.57 Å². The number of hydrogen-bond donors (Lipinski definition) is 2. The Labute approximate surface area is 302 Å². The van der Waals surface area contributed by atoms with E-state index < -0.39 is 32.5 Å². The van der Waals surface area contributed by atoms with Crippen molar-refractivity contribution < 1.29 is 37.9 Å². The summed E-state index contributed by atoms with van der Waals surface area (Å²) in [5.74, 6) is 0.755. The van der Waals surface area contributed by atoms with Crippen LogP contribution in [0.2, 0.25) is 0 Å². The van der Waals surface area contributed by atoms with Gasteiger partial charge < -0.3 is 19.3 Å². The molecule has 8 nitrogen and oxygen atoms in total. The molecule has 0 aromatic carbocycles. The zero-order chi connectivity index (χ0) is 36.4. The lowest BCUT2D eigenvalue weighted by molar-refractivity contribution is -0.161. The van der Waals surface area contributed by atoms with Crippen LogP contribution in [0.15, 0.2) is 0 Å². The zero-order valence-corrected chi connectivity index (χ0v) is 33.3. The molecule has 0 saturated carbocycles. The lowest BCUT2D eigenvalue weighted by atomic mass is 10.0. The third-order valence-corrected chi connectivity index (χ3v) is 9.72. The Kier molecular flexibility index (Phi) is 33.5. The number of rotatable bonds is 37. The van der Waals surface area contributed by atoms with Gasteiger partial charge in [0, 0.05) is 12.8 Å². The van der Waals surface area contributed by atoms with Gasteiger partial charge in [0.1, 0.15) is 6.61 Å². The molecule has 2 N–H and O–H groups in total. The van der Waals surface area contributed by atoms with Crippen molar-refractivity contribution in [2.24, 2.45) is 11.8 Å². The molecule has 0 aliphatic carbocycles. The van der Waals surface area contributed by atoms with Crippen molar-refractivity contribution in [2.45, 2.75) is 220 Å². The molecule has 292 valence electrons. The quantitative estimate of drug-likeness (QED) is 0.0370. The Balaban J connectivity index is 3.84. The van der Waals surface area contributed by atoms with Crippen molar-refractivity contribution >= 4 is 19.8 Å². The molecule has 0 spiro atoms.